The fraction of sp³-hybridized carbons (Fsp3) is 0.625. The summed E-state index contributed by atoms with van der Waals surface area (Å²) in [5.74, 6) is -0.453. The molecule has 0 spiro atoms. The Balaban J connectivity index is 2.55. The lowest BCUT2D eigenvalue weighted by molar-refractivity contribution is -0.145. The molecule has 0 unspecified atom stereocenters. The van der Waals surface area contributed by atoms with Crippen molar-refractivity contribution >= 4 is 5.97 Å². The molecule has 11 heavy (non-hydrogen) atoms. The molecular formula is C8H12O3. The number of aliphatic hydroxyl groups excluding tert-OH is 1. The molecule has 0 saturated carbocycles. The van der Waals surface area contributed by atoms with Crippen LogP contribution in [0.15, 0.2) is 12.2 Å². The number of ether oxygens (including phenoxy) is 1. The second-order valence-electron chi connectivity index (χ2n) is 2.66. The van der Waals surface area contributed by atoms with E-state index in [2.05, 4.69) is 4.74 Å². The van der Waals surface area contributed by atoms with Crippen molar-refractivity contribution in [3.63, 3.8) is 0 Å². The summed E-state index contributed by atoms with van der Waals surface area (Å²) in [6, 6.07) is 0. The number of hydrogen-bond donors (Lipinski definition) is 1. The van der Waals surface area contributed by atoms with Crippen LogP contribution in [-0.4, -0.2) is 24.8 Å². The number of rotatable bonds is 2. The molecule has 0 bridgehead atoms. The smallest absolute Gasteiger partial charge is 0.312 e. The maximum absolute atomic E-state index is 11.0. The third-order valence-electron chi connectivity index (χ3n) is 2.00. The van der Waals surface area contributed by atoms with E-state index in [4.69, 9.17) is 5.11 Å². The second-order valence-corrected chi connectivity index (χ2v) is 2.66. The van der Waals surface area contributed by atoms with E-state index in [1.165, 1.54) is 7.11 Å². The van der Waals surface area contributed by atoms with Crippen molar-refractivity contribution in [3.05, 3.63) is 12.2 Å². The van der Waals surface area contributed by atoms with Gasteiger partial charge in [-0.05, 0) is 6.42 Å². The summed E-state index contributed by atoms with van der Waals surface area (Å²) in [7, 11) is 1.36. The van der Waals surface area contributed by atoms with E-state index in [0.717, 1.165) is 6.42 Å². The fourth-order valence-electron chi connectivity index (χ4n) is 1.30. The van der Waals surface area contributed by atoms with E-state index in [0.29, 0.717) is 0 Å². The molecule has 0 radical (unpaired) electrons. The molecule has 0 aromatic heterocycles. The first-order chi connectivity index (χ1) is 5.29. The molecular weight excluding hydrogens is 144 g/mol. The highest BCUT2D eigenvalue weighted by atomic mass is 16.5. The number of hydrogen-bond acceptors (Lipinski definition) is 3. The highest BCUT2D eigenvalue weighted by Crippen LogP contribution is 2.25. The van der Waals surface area contributed by atoms with Crippen LogP contribution in [0.1, 0.15) is 6.42 Å². The lowest BCUT2D eigenvalue weighted by Crippen LogP contribution is -2.22. The lowest BCUT2D eigenvalue weighted by atomic mass is 9.97. The SMILES string of the molecule is COC(=O)[C@@H]1C=CC[C@H]1CO. The van der Waals surface area contributed by atoms with E-state index in [9.17, 15) is 4.79 Å². The summed E-state index contributed by atoms with van der Waals surface area (Å²) in [6.45, 7) is 0.0484. The van der Waals surface area contributed by atoms with Crippen LogP contribution in [0.3, 0.4) is 0 Å². The van der Waals surface area contributed by atoms with Crippen molar-refractivity contribution in [2.45, 2.75) is 6.42 Å². The summed E-state index contributed by atoms with van der Waals surface area (Å²) >= 11 is 0. The number of carbonyl (C=O) groups excluding carboxylic acids is 1. The Bertz CT molecular complexity index is 174. The maximum atomic E-state index is 11.0. The quantitative estimate of drug-likeness (QED) is 0.463. The molecule has 0 aromatic carbocycles. The first kappa shape index (κ1) is 8.27. The van der Waals surface area contributed by atoms with E-state index in [1.807, 2.05) is 6.08 Å². The van der Waals surface area contributed by atoms with Crippen LogP contribution in [0.2, 0.25) is 0 Å². The summed E-state index contributed by atoms with van der Waals surface area (Å²) in [5, 5.41) is 8.83. The molecule has 0 aromatic rings. The van der Waals surface area contributed by atoms with E-state index in [-0.39, 0.29) is 24.4 Å². The minimum atomic E-state index is -0.252. The highest BCUT2D eigenvalue weighted by molar-refractivity contribution is 5.75. The Kier molecular flexibility index (Phi) is 2.65. The first-order valence-electron chi connectivity index (χ1n) is 3.65. The molecule has 1 aliphatic rings. The predicted molar refractivity (Wildman–Crippen MR) is 39.8 cm³/mol. The Hall–Kier alpha value is -0.830. The molecule has 0 fully saturated rings. The molecule has 62 valence electrons. The zero-order valence-electron chi connectivity index (χ0n) is 6.49. The standard InChI is InChI=1S/C8H12O3/c1-11-8(10)7-4-2-3-6(7)5-9/h2,4,6-7,9H,3,5H2,1H3/t6-,7+/m0/s1. The summed E-state index contributed by atoms with van der Waals surface area (Å²) in [6.07, 6.45) is 4.48. The predicted octanol–water partition coefficient (Wildman–Crippen LogP) is 0.344. The zero-order chi connectivity index (χ0) is 8.27. The molecule has 2 atom stereocenters. The third kappa shape index (κ3) is 1.60. The second kappa shape index (κ2) is 3.53. The van der Waals surface area contributed by atoms with Crippen molar-refractivity contribution < 1.29 is 14.6 Å². The van der Waals surface area contributed by atoms with Gasteiger partial charge < -0.3 is 9.84 Å². The van der Waals surface area contributed by atoms with E-state index in [1.54, 1.807) is 6.08 Å². The molecule has 3 heteroatoms. The third-order valence-corrected chi connectivity index (χ3v) is 2.00. The van der Waals surface area contributed by atoms with Gasteiger partial charge in [0.05, 0.1) is 13.0 Å². The van der Waals surface area contributed by atoms with Crippen LogP contribution in [0.4, 0.5) is 0 Å². The van der Waals surface area contributed by atoms with Crippen molar-refractivity contribution in [2.75, 3.05) is 13.7 Å². The van der Waals surface area contributed by atoms with Gasteiger partial charge in [-0.2, -0.15) is 0 Å². The fourth-order valence-corrected chi connectivity index (χ4v) is 1.30. The molecule has 0 amide bonds. The van der Waals surface area contributed by atoms with Gasteiger partial charge in [0.15, 0.2) is 0 Å². The van der Waals surface area contributed by atoms with Crippen LogP contribution in [0.5, 0.6) is 0 Å². The average molecular weight is 156 g/mol. The van der Waals surface area contributed by atoms with Crippen molar-refractivity contribution in [1.82, 2.24) is 0 Å². The van der Waals surface area contributed by atoms with Gasteiger partial charge in [-0.1, -0.05) is 12.2 Å². The monoisotopic (exact) mass is 156 g/mol. The molecule has 0 heterocycles. The Morgan fingerprint density at radius 2 is 2.55 bits per heavy atom. The Labute approximate surface area is 65.7 Å². The number of allylic oxidation sites excluding steroid dienone is 1. The van der Waals surface area contributed by atoms with Gasteiger partial charge in [0, 0.05) is 12.5 Å². The maximum Gasteiger partial charge on any atom is 0.312 e. The van der Waals surface area contributed by atoms with Gasteiger partial charge in [-0.15, -0.1) is 0 Å². The molecule has 1 N–H and O–H groups in total. The topological polar surface area (TPSA) is 46.5 Å². The number of aliphatic hydroxyl groups is 1. The zero-order valence-corrected chi connectivity index (χ0v) is 6.49. The van der Waals surface area contributed by atoms with Gasteiger partial charge in [-0.3, -0.25) is 4.79 Å². The van der Waals surface area contributed by atoms with Crippen LogP contribution >= 0.6 is 0 Å². The van der Waals surface area contributed by atoms with Gasteiger partial charge in [0.25, 0.3) is 0 Å². The van der Waals surface area contributed by atoms with Crippen molar-refractivity contribution in [2.24, 2.45) is 11.8 Å². The van der Waals surface area contributed by atoms with Crippen LogP contribution in [-0.2, 0) is 9.53 Å². The number of esters is 1. The van der Waals surface area contributed by atoms with Gasteiger partial charge in [-0.25, -0.2) is 0 Å². The van der Waals surface area contributed by atoms with Crippen LogP contribution in [0, 0.1) is 11.8 Å². The number of methoxy groups -OCH3 is 1. The molecule has 3 nitrogen and oxygen atoms in total. The lowest BCUT2D eigenvalue weighted by Gasteiger charge is -2.13. The minimum absolute atomic E-state index is 0.0300. The number of carbonyl (C=O) groups is 1. The van der Waals surface area contributed by atoms with Crippen molar-refractivity contribution in [1.29, 1.82) is 0 Å². The van der Waals surface area contributed by atoms with Crippen LogP contribution in [0.25, 0.3) is 0 Å². The molecule has 0 aliphatic heterocycles. The Morgan fingerprint density at radius 3 is 3.09 bits per heavy atom. The minimum Gasteiger partial charge on any atom is -0.469 e. The van der Waals surface area contributed by atoms with E-state index >= 15 is 0 Å². The highest BCUT2D eigenvalue weighted by Gasteiger charge is 2.28. The summed E-state index contributed by atoms with van der Waals surface area (Å²) in [4.78, 5) is 11.0. The molecule has 1 rings (SSSR count). The normalized spacial score (nSPS) is 28.9. The average Bonchev–Trinajstić information content (AvgIpc) is 2.50. The molecule has 1 aliphatic carbocycles. The largest absolute Gasteiger partial charge is 0.469 e. The molecule has 0 saturated heterocycles. The van der Waals surface area contributed by atoms with Gasteiger partial charge >= 0.3 is 5.97 Å². The summed E-state index contributed by atoms with van der Waals surface area (Å²) < 4.78 is 4.56. The van der Waals surface area contributed by atoms with Gasteiger partial charge in [0.2, 0.25) is 0 Å². The van der Waals surface area contributed by atoms with Gasteiger partial charge in [0.1, 0.15) is 0 Å². The summed E-state index contributed by atoms with van der Waals surface area (Å²) in [5.41, 5.74) is 0. The Morgan fingerprint density at radius 1 is 1.82 bits per heavy atom. The van der Waals surface area contributed by atoms with E-state index < -0.39 is 0 Å². The van der Waals surface area contributed by atoms with Crippen molar-refractivity contribution in [3.8, 4) is 0 Å². The van der Waals surface area contributed by atoms with Crippen LogP contribution < -0.4 is 0 Å². The first-order valence-corrected chi connectivity index (χ1v) is 3.65.